The minimum atomic E-state index is -0.389. The van der Waals surface area contributed by atoms with Crippen molar-refractivity contribution in [1.29, 1.82) is 0 Å². The van der Waals surface area contributed by atoms with Gasteiger partial charge in [0.15, 0.2) is 11.6 Å². The molecule has 1 atom stereocenters. The number of hydrogen-bond acceptors (Lipinski definition) is 3. The summed E-state index contributed by atoms with van der Waals surface area (Å²) in [7, 11) is 0. The van der Waals surface area contributed by atoms with Gasteiger partial charge in [0.05, 0.1) is 24.3 Å². The summed E-state index contributed by atoms with van der Waals surface area (Å²) in [6.07, 6.45) is 1.46. The molecule has 0 saturated carbocycles. The van der Waals surface area contributed by atoms with Crippen molar-refractivity contribution in [2.24, 2.45) is 0 Å². The molecular formula is C10H11BrClFN2O. The fraction of sp³-hybridized carbons (Fsp3) is 0.500. The van der Waals surface area contributed by atoms with Gasteiger partial charge in [0, 0.05) is 18.1 Å². The van der Waals surface area contributed by atoms with Crippen LogP contribution in [0, 0.1) is 5.82 Å². The summed E-state index contributed by atoms with van der Waals surface area (Å²) < 4.78 is 19.0. The topological polar surface area (TPSA) is 25.4 Å². The molecule has 0 aliphatic carbocycles. The maximum Gasteiger partial charge on any atom is 0.167 e. The number of alkyl halides is 1. The van der Waals surface area contributed by atoms with Crippen LogP contribution in [0.1, 0.15) is 0 Å². The Kier molecular flexibility index (Phi) is 4.00. The predicted octanol–water partition coefficient (Wildman–Crippen LogP) is 2.47. The molecule has 1 saturated heterocycles. The summed E-state index contributed by atoms with van der Waals surface area (Å²) in [5.41, 5.74) is 0. The second kappa shape index (κ2) is 5.29. The standard InChI is InChI=1S/C10H11BrClFN2O/c11-4-8-6-16-2-1-15(8)10-9(13)3-7(12)5-14-10/h3,5,8H,1-2,4,6H2. The molecule has 1 aromatic heterocycles. The van der Waals surface area contributed by atoms with Crippen LogP contribution in [0.15, 0.2) is 12.3 Å². The molecule has 2 rings (SSSR count). The average molecular weight is 310 g/mol. The highest BCUT2D eigenvalue weighted by molar-refractivity contribution is 9.09. The summed E-state index contributed by atoms with van der Waals surface area (Å²) in [5, 5.41) is 1.03. The molecule has 0 radical (unpaired) electrons. The minimum Gasteiger partial charge on any atom is -0.377 e. The molecule has 1 fully saturated rings. The summed E-state index contributed by atoms with van der Waals surface area (Å²) in [6, 6.07) is 1.39. The highest BCUT2D eigenvalue weighted by Gasteiger charge is 2.25. The molecule has 2 heterocycles. The Morgan fingerprint density at radius 2 is 2.50 bits per heavy atom. The summed E-state index contributed by atoms with van der Waals surface area (Å²) in [4.78, 5) is 5.95. The van der Waals surface area contributed by atoms with Gasteiger partial charge in [0.2, 0.25) is 0 Å². The number of anilines is 1. The third kappa shape index (κ3) is 2.47. The number of rotatable bonds is 2. The number of aromatic nitrogens is 1. The second-order valence-corrected chi connectivity index (χ2v) is 4.62. The molecule has 0 N–H and O–H groups in total. The van der Waals surface area contributed by atoms with E-state index in [2.05, 4.69) is 20.9 Å². The number of pyridine rings is 1. The quantitative estimate of drug-likeness (QED) is 0.785. The first-order valence-electron chi connectivity index (χ1n) is 4.93. The number of morpholine rings is 1. The van der Waals surface area contributed by atoms with Crippen LogP contribution in [0.5, 0.6) is 0 Å². The minimum absolute atomic E-state index is 0.108. The van der Waals surface area contributed by atoms with Crippen molar-refractivity contribution in [3.8, 4) is 0 Å². The molecule has 0 spiro atoms. The normalized spacial score (nSPS) is 21.2. The van der Waals surface area contributed by atoms with Crippen molar-refractivity contribution in [1.82, 2.24) is 4.98 Å². The summed E-state index contributed by atoms with van der Waals surface area (Å²) in [5.74, 6) is -0.0440. The molecule has 1 aliphatic rings. The van der Waals surface area contributed by atoms with Crippen LogP contribution in [0.25, 0.3) is 0 Å². The maximum atomic E-state index is 13.7. The lowest BCUT2D eigenvalue weighted by atomic mass is 10.2. The fourth-order valence-electron chi connectivity index (χ4n) is 1.68. The number of halogens is 3. The van der Waals surface area contributed by atoms with E-state index in [-0.39, 0.29) is 11.9 Å². The molecule has 1 aromatic rings. The molecule has 1 unspecified atom stereocenters. The predicted molar refractivity (Wildman–Crippen MR) is 65.0 cm³/mol. The van der Waals surface area contributed by atoms with E-state index in [1.54, 1.807) is 0 Å². The Bertz CT molecular complexity index is 380. The lowest BCUT2D eigenvalue weighted by Gasteiger charge is -2.35. The first-order chi connectivity index (χ1) is 7.72. The summed E-state index contributed by atoms with van der Waals surface area (Å²) >= 11 is 9.06. The average Bonchev–Trinajstić information content (AvgIpc) is 2.29. The number of hydrogen-bond donors (Lipinski definition) is 0. The molecule has 16 heavy (non-hydrogen) atoms. The molecule has 3 nitrogen and oxygen atoms in total. The maximum absolute atomic E-state index is 13.7. The van der Waals surface area contributed by atoms with Crippen LogP contribution in [0.2, 0.25) is 5.02 Å². The Morgan fingerprint density at radius 1 is 1.69 bits per heavy atom. The van der Waals surface area contributed by atoms with Gasteiger partial charge in [-0.1, -0.05) is 27.5 Å². The van der Waals surface area contributed by atoms with E-state index in [9.17, 15) is 4.39 Å². The van der Waals surface area contributed by atoms with Crippen molar-refractivity contribution in [3.63, 3.8) is 0 Å². The zero-order chi connectivity index (χ0) is 11.5. The zero-order valence-electron chi connectivity index (χ0n) is 8.50. The van der Waals surface area contributed by atoms with E-state index in [1.807, 2.05) is 4.90 Å². The monoisotopic (exact) mass is 308 g/mol. The van der Waals surface area contributed by atoms with Crippen LogP contribution in [-0.4, -0.2) is 36.1 Å². The molecule has 0 aromatic carbocycles. The van der Waals surface area contributed by atoms with Gasteiger partial charge < -0.3 is 9.64 Å². The van der Waals surface area contributed by atoms with E-state index in [0.29, 0.717) is 30.6 Å². The number of ether oxygens (including phenoxy) is 1. The van der Waals surface area contributed by atoms with E-state index in [1.165, 1.54) is 12.3 Å². The Labute approximate surface area is 107 Å². The third-order valence-electron chi connectivity index (χ3n) is 2.47. The van der Waals surface area contributed by atoms with Gasteiger partial charge in [-0.25, -0.2) is 9.37 Å². The van der Waals surface area contributed by atoms with Crippen molar-refractivity contribution >= 4 is 33.3 Å². The molecular weight excluding hydrogens is 298 g/mol. The smallest absolute Gasteiger partial charge is 0.167 e. The molecule has 6 heteroatoms. The largest absolute Gasteiger partial charge is 0.377 e. The highest BCUT2D eigenvalue weighted by Crippen LogP contribution is 2.23. The highest BCUT2D eigenvalue weighted by atomic mass is 79.9. The van der Waals surface area contributed by atoms with E-state index in [0.717, 1.165) is 5.33 Å². The van der Waals surface area contributed by atoms with Crippen molar-refractivity contribution < 1.29 is 9.13 Å². The van der Waals surface area contributed by atoms with Gasteiger partial charge in [-0.05, 0) is 6.07 Å². The fourth-order valence-corrected chi connectivity index (χ4v) is 2.36. The first-order valence-corrected chi connectivity index (χ1v) is 6.43. The van der Waals surface area contributed by atoms with Gasteiger partial charge in [0.25, 0.3) is 0 Å². The Balaban J connectivity index is 2.27. The third-order valence-corrected chi connectivity index (χ3v) is 3.42. The summed E-state index contributed by atoms with van der Waals surface area (Å²) in [6.45, 7) is 1.81. The SMILES string of the molecule is Fc1cc(Cl)cnc1N1CCOCC1CBr. The van der Waals surface area contributed by atoms with Gasteiger partial charge >= 0.3 is 0 Å². The van der Waals surface area contributed by atoms with Gasteiger partial charge in [-0.15, -0.1) is 0 Å². The zero-order valence-corrected chi connectivity index (χ0v) is 10.8. The van der Waals surface area contributed by atoms with Crippen molar-refractivity contribution in [3.05, 3.63) is 23.1 Å². The Morgan fingerprint density at radius 3 is 3.19 bits per heavy atom. The van der Waals surface area contributed by atoms with Gasteiger partial charge in [0.1, 0.15) is 0 Å². The van der Waals surface area contributed by atoms with Crippen LogP contribution in [0.4, 0.5) is 10.2 Å². The molecule has 0 amide bonds. The van der Waals surface area contributed by atoms with Crippen LogP contribution < -0.4 is 4.90 Å². The lowest BCUT2D eigenvalue weighted by Crippen LogP contribution is -2.47. The second-order valence-electron chi connectivity index (χ2n) is 3.54. The first kappa shape index (κ1) is 12.1. The lowest BCUT2D eigenvalue weighted by molar-refractivity contribution is 0.0996. The molecule has 1 aliphatic heterocycles. The Hall–Kier alpha value is -0.390. The van der Waals surface area contributed by atoms with E-state index < -0.39 is 0 Å². The van der Waals surface area contributed by atoms with Crippen molar-refractivity contribution in [2.75, 3.05) is 30.0 Å². The van der Waals surface area contributed by atoms with Crippen molar-refractivity contribution in [2.45, 2.75) is 6.04 Å². The molecule has 0 bridgehead atoms. The van der Waals surface area contributed by atoms with Crippen LogP contribution >= 0.6 is 27.5 Å². The van der Waals surface area contributed by atoms with Crippen LogP contribution in [-0.2, 0) is 4.74 Å². The van der Waals surface area contributed by atoms with E-state index in [4.69, 9.17) is 16.3 Å². The van der Waals surface area contributed by atoms with Crippen LogP contribution in [0.3, 0.4) is 0 Å². The number of nitrogens with zero attached hydrogens (tertiary/aromatic N) is 2. The molecule has 88 valence electrons. The van der Waals surface area contributed by atoms with E-state index >= 15 is 0 Å². The van der Waals surface area contributed by atoms with Gasteiger partial charge in [-0.3, -0.25) is 0 Å². The van der Waals surface area contributed by atoms with Gasteiger partial charge in [-0.2, -0.15) is 0 Å².